The molecule has 27 heavy (non-hydrogen) atoms. The summed E-state index contributed by atoms with van der Waals surface area (Å²) in [5.74, 6) is -0.245. The van der Waals surface area contributed by atoms with E-state index in [2.05, 4.69) is 20.3 Å². The van der Waals surface area contributed by atoms with Gasteiger partial charge in [-0.15, -0.1) is 0 Å². The van der Waals surface area contributed by atoms with E-state index in [9.17, 15) is 18.0 Å². The Hall–Kier alpha value is -2.91. The monoisotopic (exact) mass is 378 g/mol. The van der Waals surface area contributed by atoms with Gasteiger partial charge >= 0.3 is 6.18 Å². The molecule has 0 radical (unpaired) electrons. The Morgan fingerprint density at radius 2 is 2.19 bits per heavy atom. The lowest BCUT2D eigenvalue weighted by atomic mass is 10.1. The molecule has 1 saturated heterocycles. The Morgan fingerprint density at radius 1 is 1.37 bits per heavy atom. The molecule has 0 bridgehead atoms. The third-order valence-corrected chi connectivity index (χ3v) is 4.74. The number of fused-ring (bicyclic) bond motifs is 1. The first-order valence-electron chi connectivity index (χ1n) is 8.65. The van der Waals surface area contributed by atoms with Gasteiger partial charge in [0.25, 0.3) is 5.91 Å². The number of nitrogens with one attached hydrogen (secondary N) is 1. The lowest BCUT2D eigenvalue weighted by molar-refractivity contribution is -0.142. The van der Waals surface area contributed by atoms with Crippen molar-refractivity contribution in [1.29, 1.82) is 0 Å². The van der Waals surface area contributed by atoms with Crippen LogP contribution in [0.25, 0.3) is 5.65 Å². The third kappa shape index (κ3) is 3.04. The molecule has 10 heteroatoms. The van der Waals surface area contributed by atoms with E-state index in [0.717, 1.165) is 17.0 Å². The molecule has 3 aromatic heterocycles. The molecule has 0 spiro atoms. The molecule has 4 rings (SSSR count). The fraction of sp³-hybridized carbons (Fsp3) is 0.412. The van der Waals surface area contributed by atoms with Crippen LogP contribution in [0.15, 0.2) is 24.4 Å². The number of halogens is 3. The Labute approximate surface area is 152 Å². The Kier molecular flexibility index (Phi) is 4.12. The molecule has 0 unspecified atom stereocenters. The average molecular weight is 378 g/mol. The third-order valence-electron chi connectivity index (χ3n) is 4.74. The van der Waals surface area contributed by atoms with Gasteiger partial charge < -0.3 is 4.90 Å². The van der Waals surface area contributed by atoms with Gasteiger partial charge in [0.1, 0.15) is 11.4 Å². The molecular weight excluding hydrogens is 361 g/mol. The number of aromatic amines is 1. The first-order valence-corrected chi connectivity index (χ1v) is 8.65. The average Bonchev–Trinajstić information content (AvgIpc) is 3.38. The molecule has 1 atom stereocenters. The molecule has 1 aliphatic heterocycles. The van der Waals surface area contributed by atoms with Crippen LogP contribution in [0.4, 0.5) is 13.2 Å². The van der Waals surface area contributed by atoms with Crippen molar-refractivity contribution in [1.82, 2.24) is 29.7 Å². The van der Waals surface area contributed by atoms with Crippen molar-refractivity contribution < 1.29 is 18.0 Å². The van der Waals surface area contributed by atoms with Gasteiger partial charge in [-0.2, -0.15) is 23.4 Å². The van der Waals surface area contributed by atoms with Crippen molar-refractivity contribution in [2.24, 2.45) is 0 Å². The lowest BCUT2D eigenvalue weighted by Gasteiger charge is -2.22. The fourth-order valence-corrected chi connectivity index (χ4v) is 3.44. The van der Waals surface area contributed by atoms with E-state index >= 15 is 0 Å². The molecule has 1 fully saturated rings. The van der Waals surface area contributed by atoms with Gasteiger partial charge in [0.05, 0.1) is 11.7 Å². The zero-order valence-corrected chi connectivity index (χ0v) is 14.5. The maximum absolute atomic E-state index is 13.4. The van der Waals surface area contributed by atoms with Gasteiger partial charge in [-0.25, -0.2) is 9.50 Å². The van der Waals surface area contributed by atoms with Gasteiger partial charge in [-0.1, -0.05) is 6.92 Å². The number of carbonyl (C=O) groups excluding carboxylic acids is 1. The van der Waals surface area contributed by atoms with Crippen LogP contribution >= 0.6 is 0 Å². The summed E-state index contributed by atoms with van der Waals surface area (Å²) in [5.41, 5.74) is 0.371. The van der Waals surface area contributed by atoms with Crippen LogP contribution in [0.5, 0.6) is 0 Å². The highest BCUT2D eigenvalue weighted by Crippen LogP contribution is 2.35. The Balaban J connectivity index is 1.76. The number of aromatic nitrogens is 5. The van der Waals surface area contributed by atoms with Gasteiger partial charge in [0, 0.05) is 24.5 Å². The van der Waals surface area contributed by atoms with Crippen molar-refractivity contribution >= 4 is 11.6 Å². The minimum atomic E-state index is -4.55. The SMILES string of the molecule is CCc1cc(C(F)(F)F)n2nc([C@@H]3CCCN3C(=O)c3ccn[nH]3)cc2n1. The molecule has 142 valence electrons. The van der Waals surface area contributed by atoms with Gasteiger partial charge in [-0.05, 0) is 31.4 Å². The highest BCUT2D eigenvalue weighted by Gasteiger charge is 2.37. The Morgan fingerprint density at radius 3 is 2.85 bits per heavy atom. The zero-order chi connectivity index (χ0) is 19.2. The molecule has 0 aromatic carbocycles. The van der Waals surface area contributed by atoms with Gasteiger partial charge in [-0.3, -0.25) is 9.89 Å². The van der Waals surface area contributed by atoms with E-state index in [1.807, 2.05) is 0 Å². The molecule has 7 nitrogen and oxygen atoms in total. The van der Waals surface area contributed by atoms with E-state index in [0.29, 0.717) is 36.5 Å². The van der Waals surface area contributed by atoms with E-state index in [1.54, 1.807) is 17.9 Å². The summed E-state index contributed by atoms with van der Waals surface area (Å²) in [7, 11) is 0. The number of likely N-dealkylation sites (tertiary alicyclic amines) is 1. The summed E-state index contributed by atoms with van der Waals surface area (Å²) in [6.45, 7) is 2.26. The van der Waals surface area contributed by atoms with Crippen molar-refractivity contribution in [3.05, 3.63) is 47.2 Å². The summed E-state index contributed by atoms with van der Waals surface area (Å²) in [5, 5.41) is 10.6. The van der Waals surface area contributed by atoms with Gasteiger partial charge in [0.15, 0.2) is 5.65 Å². The van der Waals surface area contributed by atoms with E-state index in [-0.39, 0.29) is 11.6 Å². The summed E-state index contributed by atoms with van der Waals surface area (Å²) >= 11 is 0. The smallest absolute Gasteiger partial charge is 0.329 e. The van der Waals surface area contributed by atoms with E-state index in [1.165, 1.54) is 12.3 Å². The summed E-state index contributed by atoms with van der Waals surface area (Å²) in [6, 6.07) is 3.73. The summed E-state index contributed by atoms with van der Waals surface area (Å²) in [4.78, 5) is 18.5. The minimum absolute atomic E-state index is 0.137. The number of amides is 1. The van der Waals surface area contributed by atoms with Crippen LogP contribution in [-0.2, 0) is 12.6 Å². The van der Waals surface area contributed by atoms with Gasteiger partial charge in [0.2, 0.25) is 0 Å². The van der Waals surface area contributed by atoms with Crippen molar-refractivity contribution in [3.8, 4) is 0 Å². The van der Waals surface area contributed by atoms with Crippen molar-refractivity contribution in [3.63, 3.8) is 0 Å². The quantitative estimate of drug-likeness (QED) is 0.760. The molecule has 1 amide bonds. The second-order valence-electron chi connectivity index (χ2n) is 6.45. The van der Waals surface area contributed by atoms with Crippen LogP contribution < -0.4 is 0 Å². The topological polar surface area (TPSA) is 79.2 Å². The number of hydrogen-bond donors (Lipinski definition) is 1. The second kappa shape index (κ2) is 6.36. The number of aryl methyl sites for hydroxylation is 1. The van der Waals surface area contributed by atoms with E-state index in [4.69, 9.17) is 0 Å². The maximum atomic E-state index is 13.4. The Bertz CT molecular complexity index is 979. The van der Waals surface area contributed by atoms with Crippen LogP contribution in [0.1, 0.15) is 53.4 Å². The first kappa shape index (κ1) is 17.5. The van der Waals surface area contributed by atoms with Crippen LogP contribution in [0.3, 0.4) is 0 Å². The second-order valence-corrected chi connectivity index (χ2v) is 6.45. The number of rotatable bonds is 3. The highest BCUT2D eigenvalue weighted by molar-refractivity contribution is 5.92. The van der Waals surface area contributed by atoms with Crippen LogP contribution in [-0.4, -0.2) is 42.1 Å². The predicted octanol–water partition coefficient (Wildman–Crippen LogP) is 3.01. The summed E-state index contributed by atoms with van der Waals surface area (Å²) in [6.07, 6.45) is -1.30. The normalized spacial score (nSPS) is 17.8. The lowest BCUT2D eigenvalue weighted by Crippen LogP contribution is -2.31. The summed E-state index contributed by atoms with van der Waals surface area (Å²) < 4.78 is 41.2. The molecule has 0 saturated carbocycles. The first-order chi connectivity index (χ1) is 12.9. The van der Waals surface area contributed by atoms with Crippen LogP contribution in [0, 0.1) is 0 Å². The maximum Gasteiger partial charge on any atom is 0.433 e. The molecule has 3 aromatic rings. The number of nitrogens with zero attached hydrogens (tertiary/aromatic N) is 5. The number of carbonyl (C=O) groups is 1. The number of H-pyrrole nitrogens is 1. The number of alkyl halides is 3. The zero-order valence-electron chi connectivity index (χ0n) is 14.5. The molecule has 4 heterocycles. The van der Waals surface area contributed by atoms with Crippen molar-refractivity contribution in [2.45, 2.75) is 38.4 Å². The number of hydrogen-bond acceptors (Lipinski definition) is 4. The van der Waals surface area contributed by atoms with E-state index < -0.39 is 17.9 Å². The molecular formula is C17H17F3N6O. The minimum Gasteiger partial charge on any atom is -0.329 e. The predicted molar refractivity (Wildman–Crippen MR) is 89.0 cm³/mol. The highest BCUT2D eigenvalue weighted by atomic mass is 19.4. The standard InChI is InChI=1S/C17H17F3N6O/c1-2-10-8-14(17(18,19)20)26-15(22-10)9-12(24-26)13-4-3-7-25(13)16(27)11-5-6-21-23-11/h5-6,8-9,13H,2-4,7H2,1H3,(H,21,23)/t13-/m0/s1. The molecule has 0 aliphatic carbocycles. The fourth-order valence-electron chi connectivity index (χ4n) is 3.44. The largest absolute Gasteiger partial charge is 0.433 e. The van der Waals surface area contributed by atoms with Crippen molar-refractivity contribution in [2.75, 3.05) is 6.54 Å². The molecule has 1 aliphatic rings. The van der Waals surface area contributed by atoms with Crippen LogP contribution in [0.2, 0.25) is 0 Å². The molecule has 1 N–H and O–H groups in total.